The quantitative estimate of drug-likeness (QED) is 0.399. The van der Waals surface area contributed by atoms with Gasteiger partial charge in [-0.05, 0) is 6.92 Å². The van der Waals surface area contributed by atoms with E-state index in [1.807, 2.05) is 0 Å². The van der Waals surface area contributed by atoms with Gasteiger partial charge in [-0.3, -0.25) is 9.79 Å². The Kier molecular flexibility index (Phi) is 3.43. The molecule has 0 spiro atoms. The van der Waals surface area contributed by atoms with E-state index in [9.17, 15) is 4.79 Å². The van der Waals surface area contributed by atoms with Gasteiger partial charge in [-0.25, -0.2) is 0 Å². The Bertz CT molecular complexity index is 131. The topological polar surface area (TPSA) is 61.7 Å². The Morgan fingerprint density at radius 1 is 1.78 bits per heavy atom. The number of hydrogen-bond acceptors (Lipinski definition) is 2. The van der Waals surface area contributed by atoms with Crippen LogP contribution in [0, 0.1) is 0 Å². The molecule has 0 aromatic carbocycles. The van der Waals surface area contributed by atoms with Crippen molar-refractivity contribution in [3.63, 3.8) is 0 Å². The monoisotopic (exact) mass is 130 g/mol. The highest BCUT2D eigenvalue weighted by atomic mass is 16.4. The first-order valence-electron chi connectivity index (χ1n) is 2.56. The van der Waals surface area contributed by atoms with E-state index in [0.29, 0.717) is 5.84 Å². The van der Waals surface area contributed by atoms with Crippen molar-refractivity contribution in [2.45, 2.75) is 6.92 Å². The molecule has 52 valence electrons. The summed E-state index contributed by atoms with van der Waals surface area (Å²) in [7, 11) is 1.60. The van der Waals surface area contributed by atoms with E-state index in [-0.39, 0.29) is 6.54 Å². The summed E-state index contributed by atoms with van der Waals surface area (Å²) in [4.78, 5) is 13.6. The van der Waals surface area contributed by atoms with Gasteiger partial charge in [0, 0.05) is 7.05 Å². The van der Waals surface area contributed by atoms with E-state index in [1.54, 1.807) is 14.0 Å². The number of aliphatic carboxylic acids is 1. The van der Waals surface area contributed by atoms with Crippen molar-refractivity contribution in [2.24, 2.45) is 4.99 Å². The predicted octanol–water partition coefficient (Wildman–Crippen LogP) is -0.291. The van der Waals surface area contributed by atoms with Crippen LogP contribution in [0.4, 0.5) is 0 Å². The number of rotatable bonds is 2. The fourth-order valence-corrected chi connectivity index (χ4v) is 0.283. The van der Waals surface area contributed by atoms with Gasteiger partial charge >= 0.3 is 5.97 Å². The van der Waals surface area contributed by atoms with Gasteiger partial charge in [0.05, 0.1) is 5.84 Å². The number of carbonyl (C=O) groups is 1. The summed E-state index contributed by atoms with van der Waals surface area (Å²) in [6, 6.07) is 0. The molecule has 0 radical (unpaired) electrons. The first-order chi connectivity index (χ1) is 4.16. The van der Waals surface area contributed by atoms with E-state index in [1.165, 1.54) is 0 Å². The lowest BCUT2D eigenvalue weighted by atomic mass is 10.6. The van der Waals surface area contributed by atoms with Gasteiger partial charge in [-0.15, -0.1) is 0 Å². The molecule has 0 amide bonds. The molecule has 0 fully saturated rings. The summed E-state index contributed by atoms with van der Waals surface area (Å²) in [6.07, 6.45) is 0. The number of carboxylic acids is 1. The minimum atomic E-state index is -0.877. The molecule has 0 heterocycles. The van der Waals surface area contributed by atoms with E-state index < -0.39 is 5.97 Å². The van der Waals surface area contributed by atoms with Gasteiger partial charge in [0.15, 0.2) is 0 Å². The number of carboxylic acid groups (broad SMARTS) is 1. The smallest absolute Gasteiger partial charge is 0.322 e. The zero-order valence-electron chi connectivity index (χ0n) is 5.51. The van der Waals surface area contributed by atoms with E-state index >= 15 is 0 Å². The Balaban J connectivity index is 3.39. The van der Waals surface area contributed by atoms with Crippen molar-refractivity contribution in [1.29, 1.82) is 0 Å². The van der Waals surface area contributed by atoms with E-state index in [4.69, 9.17) is 5.11 Å². The maximum absolute atomic E-state index is 9.90. The predicted molar refractivity (Wildman–Crippen MR) is 34.7 cm³/mol. The molecule has 2 N–H and O–H groups in total. The molecule has 0 rings (SSSR count). The SMILES string of the molecule is CN=C(C)NCC(=O)O. The van der Waals surface area contributed by atoms with Gasteiger partial charge in [0.25, 0.3) is 0 Å². The summed E-state index contributed by atoms with van der Waals surface area (Å²) < 4.78 is 0. The minimum absolute atomic E-state index is 0.0663. The van der Waals surface area contributed by atoms with Crippen molar-refractivity contribution in [3.8, 4) is 0 Å². The maximum Gasteiger partial charge on any atom is 0.322 e. The molecule has 4 heteroatoms. The fraction of sp³-hybridized carbons (Fsp3) is 0.600. The molecular weight excluding hydrogens is 120 g/mol. The molecule has 4 nitrogen and oxygen atoms in total. The molecule has 0 aliphatic carbocycles. The van der Waals surface area contributed by atoms with Crippen LogP contribution in [0.2, 0.25) is 0 Å². The Morgan fingerprint density at radius 3 is 2.67 bits per heavy atom. The van der Waals surface area contributed by atoms with Gasteiger partial charge < -0.3 is 10.4 Å². The van der Waals surface area contributed by atoms with E-state index in [0.717, 1.165) is 0 Å². The number of hydrogen-bond donors (Lipinski definition) is 2. The molecule has 0 unspecified atom stereocenters. The zero-order chi connectivity index (χ0) is 7.28. The van der Waals surface area contributed by atoms with Crippen molar-refractivity contribution in [2.75, 3.05) is 13.6 Å². The third kappa shape index (κ3) is 4.80. The lowest BCUT2D eigenvalue weighted by Gasteiger charge is -1.98. The molecule has 9 heavy (non-hydrogen) atoms. The second-order valence-corrected chi connectivity index (χ2v) is 1.56. The summed E-state index contributed by atoms with van der Waals surface area (Å²) in [6.45, 7) is 1.64. The lowest BCUT2D eigenvalue weighted by Crippen LogP contribution is -2.26. The number of nitrogens with zero attached hydrogens (tertiary/aromatic N) is 1. The van der Waals surface area contributed by atoms with Crippen LogP contribution in [0.25, 0.3) is 0 Å². The maximum atomic E-state index is 9.90. The summed E-state index contributed by atoms with van der Waals surface area (Å²) >= 11 is 0. The second-order valence-electron chi connectivity index (χ2n) is 1.56. The largest absolute Gasteiger partial charge is 0.480 e. The Hall–Kier alpha value is -1.06. The average Bonchev–Trinajstić information content (AvgIpc) is 1.83. The van der Waals surface area contributed by atoms with Crippen molar-refractivity contribution < 1.29 is 9.90 Å². The molecule has 0 aromatic rings. The molecular formula is C5H10N2O2. The second kappa shape index (κ2) is 3.88. The van der Waals surface area contributed by atoms with Crippen molar-refractivity contribution in [3.05, 3.63) is 0 Å². The summed E-state index contributed by atoms with van der Waals surface area (Å²) in [5, 5.41) is 10.7. The standard InChI is InChI=1S/C5H10N2O2/c1-4(6-2)7-3-5(8)9/h3H2,1-2H3,(H,6,7)(H,8,9). The summed E-state index contributed by atoms with van der Waals surface area (Å²) in [5.74, 6) is -0.240. The summed E-state index contributed by atoms with van der Waals surface area (Å²) in [5.41, 5.74) is 0. The number of aliphatic imine (C=N–C) groups is 1. The highest BCUT2D eigenvalue weighted by molar-refractivity contribution is 5.83. The van der Waals surface area contributed by atoms with Crippen LogP contribution in [0.5, 0.6) is 0 Å². The number of nitrogens with one attached hydrogen (secondary N) is 1. The van der Waals surface area contributed by atoms with E-state index in [2.05, 4.69) is 10.3 Å². The molecule has 0 saturated heterocycles. The van der Waals surface area contributed by atoms with Crippen LogP contribution in [-0.4, -0.2) is 30.5 Å². The third-order valence-electron chi connectivity index (χ3n) is 0.831. The normalized spacial score (nSPS) is 11.1. The lowest BCUT2D eigenvalue weighted by molar-refractivity contribution is -0.135. The first-order valence-corrected chi connectivity index (χ1v) is 2.56. The van der Waals surface area contributed by atoms with Crippen LogP contribution < -0.4 is 5.32 Å². The first kappa shape index (κ1) is 7.94. The Morgan fingerprint density at radius 2 is 2.33 bits per heavy atom. The molecule has 0 aliphatic rings. The van der Waals surface area contributed by atoms with Crippen LogP contribution in [-0.2, 0) is 4.79 Å². The van der Waals surface area contributed by atoms with Gasteiger partial charge in [0.2, 0.25) is 0 Å². The highest BCUT2D eigenvalue weighted by Gasteiger charge is 1.93. The van der Waals surface area contributed by atoms with Gasteiger partial charge in [-0.1, -0.05) is 0 Å². The molecule has 0 atom stereocenters. The van der Waals surface area contributed by atoms with Gasteiger partial charge in [-0.2, -0.15) is 0 Å². The minimum Gasteiger partial charge on any atom is -0.480 e. The molecule has 0 bridgehead atoms. The Labute approximate surface area is 53.6 Å². The zero-order valence-corrected chi connectivity index (χ0v) is 5.51. The van der Waals surface area contributed by atoms with Crippen LogP contribution >= 0.6 is 0 Å². The van der Waals surface area contributed by atoms with Crippen molar-refractivity contribution >= 4 is 11.8 Å². The molecule has 0 saturated carbocycles. The third-order valence-corrected chi connectivity index (χ3v) is 0.831. The molecule has 0 aliphatic heterocycles. The van der Waals surface area contributed by atoms with Crippen LogP contribution in [0.3, 0.4) is 0 Å². The van der Waals surface area contributed by atoms with Gasteiger partial charge in [0.1, 0.15) is 6.54 Å². The average molecular weight is 130 g/mol. The highest BCUT2D eigenvalue weighted by Crippen LogP contribution is 1.66. The number of amidine groups is 1. The van der Waals surface area contributed by atoms with Crippen LogP contribution in [0.15, 0.2) is 4.99 Å². The fourth-order valence-electron chi connectivity index (χ4n) is 0.283. The van der Waals surface area contributed by atoms with Crippen LogP contribution in [0.1, 0.15) is 6.92 Å². The van der Waals surface area contributed by atoms with Crippen molar-refractivity contribution in [1.82, 2.24) is 5.32 Å². The molecule has 0 aromatic heterocycles.